The normalized spacial score (nSPS) is 21.9. The van der Waals surface area contributed by atoms with E-state index in [1.165, 1.54) is 0 Å². The van der Waals surface area contributed by atoms with Crippen LogP contribution in [0.2, 0.25) is 0 Å². The molecule has 70 valence electrons. The predicted octanol–water partition coefficient (Wildman–Crippen LogP) is 3.46. The Morgan fingerprint density at radius 3 is 2.08 bits per heavy atom. The second-order valence-corrected chi connectivity index (χ2v) is 3.87. The van der Waals surface area contributed by atoms with Gasteiger partial charge in [0.1, 0.15) is 5.71 Å². The zero-order valence-corrected chi connectivity index (χ0v) is 9.97. The zero-order valence-electron chi connectivity index (χ0n) is 5.91. The third kappa shape index (κ3) is 1.77. The highest BCUT2D eigenvalue weighted by molar-refractivity contribution is 9.12. The number of hydrogen-bond acceptors (Lipinski definition) is 3. The van der Waals surface area contributed by atoms with E-state index in [1.54, 1.807) is 0 Å². The molecule has 0 atom stereocenters. The van der Waals surface area contributed by atoms with E-state index in [4.69, 9.17) is 5.41 Å². The van der Waals surface area contributed by atoms with Crippen molar-refractivity contribution >= 4 is 56.1 Å². The third-order valence-corrected chi connectivity index (χ3v) is 3.01. The van der Waals surface area contributed by atoms with Gasteiger partial charge < -0.3 is 0 Å². The van der Waals surface area contributed by atoms with E-state index in [0.717, 1.165) is 0 Å². The van der Waals surface area contributed by atoms with Crippen LogP contribution in [0.4, 0.5) is 8.78 Å². The lowest BCUT2D eigenvalue weighted by molar-refractivity contribution is 0.544. The van der Waals surface area contributed by atoms with E-state index in [0.29, 0.717) is 0 Å². The summed E-state index contributed by atoms with van der Waals surface area (Å²) >= 11 is 9.06. The molecule has 0 saturated heterocycles. The maximum absolute atomic E-state index is 13.0. The van der Waals surface area contributed by atoms with Crippen LogP contribution < -0.4 is 0 Å². The van der Waals surface area contributed by atoms with E-state index in [1.807, 2.05) is 0 Å². The maximum Gasteiger partial charge on any atom is 0.176 e. The van der Waals surface area contributed by atoms with Crippen LogP contribution in [0.1, 0.15) is 0 Å². The number of nitrogens with zero attached hydrogens (tertiary/aromatic N) is 1. The van der Waals surface area contributed by atoms with Crippen LogP contribution in [-0.2, 0) is 0 Å². The fourth-order valence-electron chi connectivity index (χ4n) is 0.714. The number of halogens is 4. The van der Waals surface area contributed by atoms with E-state index >= 15 is 0 Å². The molecule has 0 bridgehead atoms. The Bertz CT molecular complexity index is 369. The highest BCUT2D eigenvalue weighted by Gasteiger charge is 2.29. The summed E-state index contributed by atoms with van der Waals surface area (Å²) in [7, 11) is 0. The van der Waals surface area contributed by atoms with Crippen molar-refractivity contribution in [1.29, 1.82) is 5.41 Å². The summed E-state index contributed by atoms with van der Waals surface area (Å²) in [6.07, 6.45) is 0. The lowest BCUT2D eigenvalue weighted by atomic mass is 10.1. The van der Waals surface area contributed by atoms with Crippen LogP contribution in [0.15, 0.2) is 25.0 Å². The molecule has 0 saturated carbocycles. The van der Waals surface area contributed by atoms with Gasteiger partial charge >= 0.3 is 0 Å². The number of allylic oxidation sites excluding steroid dienone is 4. The summed E-state index contributed by atoms with van der Waals surface area (Å²) in [5.41, 5.74) is -0.296. The fourth-order valence-corrected chi connectivity index (χ4v) is 1.87. The molecule has 0 aromatic rings. The van der Waals surface area contributed by atoms with Crippen LogP contribution in [0.3, 0.4) is 0 Å². The van der Waals surface area contributed by atoms with Gasteiger partial charge in [0.25, 0.3) is 0 Å². The van der Waals surface area contributed by atoms with E-state index < -0.39 is 11.7 Å². The van der Waals surface area contributed by atoms with Crippen molar-refractivity contribution in [3.8, 4) is 0 Å². The second-order valence-electron chi connectivity index (χ2n) is 2.08. The van der Waals surface area contributed by atoms with Gasteiger partial charge in [0.15, 0.2) is 11.7 Å². The Morgan fingerprint density at radius 2 is 1.62 bits per heavy atom. The molecule has 0 fully saturated rings. The van der Waals surface area contributed by atoms with Crippen LogP contribution >= 0.6 is 44.7 Å². The van der Waals surface area contributed by atoms with Gasteiger partial charge in [-0.15, -0.1) is 0 Å². The molecule has 0 unspecified atom stereocenters. The minimum Gasteiger partial charge on any atom is -0.297 e. The topological polar surface area (TPSA) is 36.2 Å². The Kier molecular flexibility index (Phi) is 3.42. The molecule has 0 aliphatic heterocycles. The molecular formula is C6H2Br2F2N2S. The molecule has 1 aliphatic rings. The molecule has 0 amide bonds. The van der Waals surface area contributed by atoms with Crippen molar-refractivity contribution in [2.45, 2.75) is 0 Å². The molecule has 1 aliphatic carbocycles. The first kappa shape index (κ1) is 11.1. The van der Waals surface area contributed by atoms with Crippen molar-refractivity contribution in [2.24, 2.45) is 4.40 Å². The summed E-state index contributed by atoms with van der Waals surface area (Å²) in [6.45, 7) is 0. The highest BCUT2D eigenvalue weighted by atomic mass is 79.9. The van der Waals surface area contributed by atoms with Gasteiger partial charge in [-0.25, -0.2) is 13.2 Å². The summed E-state index contributed by atoms with van der Waals surface area (Å²) < 4.78 is 28.8. The summed E-state index contributed by atoms with van der Waals surface area (Å²) in [6, 6.07) is 0. The van der Waals surface area contributed by atoms with Crippen LogP contribution in [0.25, 0.3) is 0 Å². The number of hydrogen-bond donors (Lipinski definition) is 2. The van der Waals surface area contributed by atoms with Crippen molar-refractivity contribution in [3.63, 3.8) is 0 Å². The van der Waals surface area contributed by atoms with E-state index in [9.17, 15) is 8.78 Å². The molecule has 0 spiro atoms. The Labute approximate surface area is 95.1 Å². The summed E-state index contributed by atoms with van der Waals surface area (Å²) in [4.78, 5) is 0. The maximum atomic E-state index is 13.0. The molecule has 1 rings (SSSR count). The first-order valence-electron chi connectivity index (χ1n) is 2.93. The van der Waals surface area contributed by atoms with Gasteiger partial charge in [0, 0.05) is 0 Å². The molecular weight excluding hydrogens is 330 g/mol. The standard InChI is InChI=1S/C6H2Br2F2N2S/c7-1-3(9)4(10)2(8)6(12-13)5(1)11/h11,13H/b11-5?,12-6-. The quantitative estimate of drug-likeness (QED) is 0.504. The molecule has 0 heterocycles. The molecule has 1 N–H and O–H groups in total. The Hall–Kier alpha value is -0.0100. The largest absolute Gasteiger partial charge is 0.297 e. The fraction of sp³-hybridized carbons (Fsp3) is 0. The summed E-state index contributed by atoms with van der Waals surface area (Å²) in [5.74, 6) is -2.20. The van der Waals surface area contributed by atoms with Crippen molar-refractivity contribution in [1.82, 2.24) is 0 Å². The van der Waals surface area contributed by atoms with E-state index in [2.05, 4.69) is 49.1 Å². The lowest BCUT2D eigenvalue weighted by Gasteiger charge is -2.12. The van der Waals surface area contributed by atoms with Gasteiger partial charge in [0.2, 0.25) is 0 Å². The van der Waals surface area contributed by atoms with Gasteiger partial charge in [-0.2, -0.15) is 0 Å². The van der Waals surface area contributed by atoms with Crippen molar-refractivity contribution in [2.75, 3.05) is 0 Å². The molecule has 13 heavy (non-hydrogen) atoms. The van der Waals surface area contributed by atoms with Gasteiger partial charge in [-0.1, -0.05) is 0 Å². The molecule has 7 heteroatoms. The van der Waals surface area contributed by atoms with E-state index in [-0.39, 0.29) is 20.4 Å². The zero-order chi connectivity index (χ0) is 10.2. The van der Waals surface area contributed by atoms with Crippen molar-refractivity contribution < 1.29 is 8.78 Å². The monoisotopic (exact) mass is 330 g/mol. The SMILES string of the molecule is N=C1C(Br)=C(F)C(F)=C(Br)/C1=N/S. The average Bonchev–Trinajstić information content (AvgIpc) is 2.13. The number of rotatable bonds is 0. The number of thiol groups is 1. The second kappa shape index (κ2) is 4.02. The van der Waals surface area contributed by atoms with Gasteiger partial charge in [-0.05, 0) is 44.7 Å². The molecule has 0 radical (unpaired) electrons. The molecule has 0 aromatic heterocycles. The molecule has 0 aromatic carbocycles. The first-order chi connectivity index (χ1) is 6.00. The minimum absolute atomic E-state index is 0.0471. The summed E-state index contributed by atoms with van der Waals surface area (Å²) in [5, 5.41) is 7.35. The van der Waals surface area contributed by atoms with Crippen molar-refractivity contribution in [3.05, 3.63) is 20.6 Å². The third-order valence-electron chi connectivity index (χ3n) is 1.34. The van der Waals surface area contributed by atoms with Crippen LogP contribution in [0.5, 0.6) is 0 Å². The van der Waals surface area contributed by atoms with Crippen LogP contribution in [0, 0.1) is 5.41 Å². The lowest BCUT2D eigenvalue weighted by Crippen LogP contribution is -2.18. The Balaban J connectivity index is 3.41. The van der Waals surface area contributed by atoms with Gasteiger partial charge in [0.05, 0.1) is 14.7 Å². The van der Waals surface area contributed by atoms with Gasteiger partial charge in [-0.3, -0.25) is 5.41 Å². The molecule has 2 nitrogen and oxygen atoms in total. The smallest absolute Gasteiger partial charge is 0.176 e. The minimum atomic E-state index is -1.11. The Morgan fingerprint density at radius 1 is 1.15 bits per heavy atom. The van der Waals surface area contributed by atoms with Crippen LogP contribution in [-0.4, -0.2) is 11.4 Å². The predicted molar refractivity (Wildman–Crippen MR) is 58.3 cm³/mol. The first-order valence-corrected chi connectivity index (χ1v) is 4.92. The number of nitrogens with one attached hydrogen (secondary N) is 1. The highest BCUT2D eigenvalue weighted by Crippen LogP contribution is 2.34. The average molecular weight is 332 g/mol.